The van der Waals surface area contributed by atoms with Gasteiger partial charge in [-0.15, -0.1) is 10.2 Å². The molecule has 0 aliphatic rings. The fourth-order valence-electron chi connectivity index (χ4n) is 2.50. The molecule has 25 heavy (non-hydrogen) atoms. The number of aromatic hydroxyl groups is 1. The van der Waals surface area contributed by atoms with Crippen molar-refractivity contribution in [3.63, 3.8) is 0 Å². The van der Waals surface area contributed by atoms with E-state index in [-0.39, 0.29) is 11.0 Å². The Morgan fingerprint density at radius 2 is 1.92 bits per heavy atom. The molecule has 1 heterocycles. The third-order valence-corrected chi connectivity index (χ3v) is 3.89. The van der Waals surface area contributed by atoms with Crippen molar-refractivity contribution in [2.24, 2.45) is 17.3 Å². The Morgan fingerprint density at radius 1 is 1.20 bits per heavy atom. The summed E-state index contributed by atoms with van der Waals surface area (Å²) in [5.41, 5.74) is 2.06. The molecule has 0 radical (unpaired) electrons. The van der Waals surface area contributed by atoms with Crippen molar-refractivity contribution in [3.05, 3.63) is 48.5 Å². The largest absolute Gasteiger partial charge is 0.494 e. The van der Waals surface area contributed by atoms with E-state index in [0.717, 1.165) is 22.3 Å². The van der Waals surface area contributed by atoms with Gasteiger partial charge in [0, 0.05) is 18.1 Å². The molecule has 7 heteroatoms. The van der Waals surface area contributed by atoms with Gasteiger partial charge in [-0.1, -0.05) is 18.2 Å². The van der Waals surface area contributed by atoms with Crippen molar-refractivity contribution in [2.45, 2.75) is 6.92 Å². The number of para-hydroxylation sites is 1. The van der Waals surface area contributed by atoms with Gasteiger partial charge in [0.05, 0.1) is 12.1 Å². The molecule has 0 spiro atoms. The number of thiocarbonyl (C=S) groups is 1. The summed E-state index contributed by atoms with van der Waals surface area (Å²) >= 11 is 5.20. The maximum absolute atomic E-state index is 10.2. The number of nitrogens with one attached hydrogen (secondary N) is 1. The number of hydrogen-bond acceptors (Lipinski definition) is 4. The van der Waals surface area contributed by atoms with Crippen LogP contribution in [-0.4, -0.2) is 21.4 Å². The number of azo groups is 1. The van der Waals surface area contributed by atoms with Crippen LogP contribution in [0.1, 0.15) is 6.92 Å². The van der Waals surface area contributed by atoms with Gasteiger partial charge in [0.15, 0.2) is 5.69 Å². The summed E-state index contributed by atoms with van der Waals surface area (Å²) in [6.07, 6.45) is 0. The van der Waals surface area contributed by atoms with Crippen LogP contribution in [0.4, 0.5) is 11.4 Å². The highest BCUT2D eigenvalue weighted by Gasteiger charge is 2.13. The normalized spacial score (nSPS) is 11.1. The van der Waals surface area contributed by atoms with Crippen LogP contribution in [-0.2, 0) is 7.05 Å². The van der Waals surface area contributed by atoms with E-state index < -0.39 is 0 Å². The van der Waals surface area contributed by atoms with Crippen molar-refractivity contribution in [1.29, 1.82) is 0 Å². The number of fused-ring (bicyclic) bond motifs is 1. The molecule has 0 unspecified atom stereocenters. The van der Waals surface area contributed by atoms with Crippen LogP contribution in [0.5, 0.6) is 11.6 Å². The minimum absolute atomic E-state index is 0.0498. The zero-order valence-electron chi connectivity index (χ0n) is 13.9. The molecule has 0 aliphatic carbocycles. The molecule has 0 saturated heterocycles. The third kappa shape index (κ3) is 3.61. The Balaban J connectivity index is 1.76. The molecule has 1 aromatic heterocycles. The summed E-state index contributed by atoms with van der Waals surface area (Å²) in [6.45, 7) is 2.55. The summed E-state index contributed by atoms with van der Waals surface area (Å²) in [5.74, 6) is 0.843. The molecule has 3 aromatic rings. The Labute approximate surface area is 150 Å². The highest BCUT2D eigenvalue weighted by atomic mass is 32.1. The zero-order chi connectivity index (χ0) is 17.8. The molecule has 0 bridgehead atoms. The Kier molecular flexibility index (Phi) is 4.95. The van der Waals surface area contributed by atoms with Gasteiger partial charge in [-0.2, -0.15) is 0 Å². The van der Waals surface area contributed by atoms with Gasteiger partial charge < -0.3 is 19.7 Å². The first-order valence-electron chi connectivity index (χ1n) is 7.82. The number of aromatic nitrogens is 1. The van der Waals surface area contributed by atoms with Gasteiger partial charge in [-0.25, -0.2) is 0 Å². The molecule has 128 valence electrons. The minimum Gasteiger partial charge on any atom is -0.494 e. The van der Waals surface area contributed by atoms with E-state index in [1.54, 1.807) is 11.6 Å². The lowest BCUT2D eigenvalue weighted by Gasteiger charge is -2.05. The van der Waals surface area contributed by atoms with Gasteiger partial charge in [0.25, 0.3) is 0 Å². The van der Waals surface area contributed by atoms with Crippen molar-refractivity contribution < 1.29 is 9.84 Å². The number of rotatable bonds is 4. The molecular weight excluding hydrogens is 336 g/mol. The molecule has 6 nitrogen and oxygen atoms in total. The second-order valence-corrected chi connectivity index (χ2v) is 5.72. The number of hydrogen-bond donors (Lipinski definition) is 2. The molecular formula is C18H18N4O2S. The predicted molar refractivity (Wildman–Crippen MR) is 103 cm³/mol. The fourth-order valence-corrected chi connectivity index (χ4v) is 2.66. The first-order chi connectivity index (χ1) is 12.1. The van der Waals surface area contributed by atoms with Crippen LogP contribution in [0.15, 0.2) is 58.8 Å². The van der Waals surface area contributed by atoms with E-state index >= 15 is 0 Å². The molecule has 0 amide bonds. The van der Waals surface area contributed by atoms with E-state index in [1.807, 2.05) is 55.5 Å². The predicted octanol–water partition coefficient (Wildman–Crippen LogP) is 4.76. The van der Waals surface area contributed by atoms with Gasteiger partial charge in [-0.05, 0) is 49.5 Å². The highest BCUT2D eigenvalue weighted by Crippen LogP contribution is 2.37. The number of nitrogens with zero attached hydrogens (tertiary/aromatic N) is 3. The number of anilines is 1. The van der Waals surface area contributed by atoms with E-state index in [9.17, 15) is 5.11 Å². The van der Waals surface area contributed by atoms with E-state index in [2.05, 4.69) is 15.5 Å². The second-order valence-electron chi connectivity index (χ2n) is 5.34. The number of aryl methyl sites for hydroxylation is 1. The van der Waals surface area contributed by atoms with Crippen LogP contribution in [0, 0.1) is 0 Å². The average molecular weight is 354 g/mol. The Bertz CT molecular complexity index is 932. The van der Waals surface area contributed by atoms with E-state index in [1.165, 1.54) is 0 Å². The van der Waals surface area contributed by atoms with E-state index in [4.69, 9.17) is 17.0 Å². The number of benzene rings is 2. The lowest BCUT2D eigenvalue weighted by atomic mass is 10.2. The smallest absolute Gasteiger partial charge is 0.220 e. The fraction of sp³-hybridized carbons (Fsp3) is 0.167. The summed E-state index contributed by atoms with van der Waals surface area (Å²) < 4.78 is 7.05. The highest BCUT2D eigenvalue weighted by molar-refractivity contribution is 7.80. The maximum atomic E-state index is 10.2. The second kappa shape index (κ2) is 7.31. The van der Waals surface area contributed by atoms with Crippen LogP contribution < -0.4 is 10.1 Å². The van der Waals surface area contributed by atoms with Crippen LogP contribution in [0.25, 0.3) is 10.9 Å². The first kappa shape index (κ1) is 16.9. The molecule has 0 fully saturated rings. The quantitative estimate of drug-likeness (QED) is 0.523. The molecule has 2 aromatic carbocycles. The minimum atomic E-state index is 0.0498. The van der Waals surface area contributed by atoms with E-state index in [0.29, 0.717) is 12.3 Å². The molecule has 0 atom stereocenters. The SMILES string of the molecule is CCOc1ccc(NC(=S)N=Nc2c(O)n(C)c3ccccc23)cc1. The van der Waals surface area contributed by atoms with Gasteiger partial charge >= 0.3 is 0 Å². The number of ether oxygens (including phenoxy) is 1. The summed E-state index contributed by atoms with van der Waals surface area (Å²) in [6, 6.07) is 15.0. The van der Waals surface area contributed by atoms with Gasteiger partial charge in [0.2, 0.25) is 11.0 Å². The van der Waals surface area contributed by atoms with Crippen molar-refractivity contribution in [2.75, 3.05) is 11.9 Å². The molecule has 0 saturated carbocycles. The average Bonchev–Trinajstić information content (AvgIpc) is 2.86. The molecule has 0 aliphatic heterocycles. The summed E-state index contributed by atoms with van der Waals surface area (Å²) in [7, 11) is 1.77. The monoisotopic (exact) mass is 354 g/mol. The topological polar surface area (TPSA) is 71.1 Å². The third-order valence-electron chi connectivity index (χ3n) is 3.71. The lowest BCUT2D eigenvalue weighted by Crippen LogP contribution is -2.04. The standard InChI is InChI=1S/C18H18N4O2S/c1-3-24-13-10-8-12(9-11-13)19-18(25)21-20-16-14-6-4-5-7-15(14)22(2)17(16)23/h4-11,23H,3H2,1-2H3,(H,19,25). The summed E-state index contributed by atoms with van der Waals surface area (Å²) in [4.78, 5) is 0. The Morgan fingerprint density at radius 3 is 2.64 bits per heavy atom. The van der Waals surface area contributed by atoms with Crippen molar-refractivity contribution in [1.82, 2.24) is 4.57 Å². The maximum Gasteiger partial charge on any atom is 0.220 e. The Hall–Kier alpha value is -2.93. The zero-order valence-corrected chi connectivity index (χ0v) is 14.7. The van der Waals surface area contributed by atoms with Gasteiger partial charge in [0.1, 0.15) is 5.75 Å². The molecule has 2 N–H and O–H groups in total. The first-order valence-corrected chi connectivity index (χ1v) is 8.23. The summed E-state index contributed by atoms with van der Waals surface area (Å²) in [5, 5.41) is 22.4. The van der Waals surface area contributed by atoms with Crippen LogP contribution >= 0.6 is 12.2 Å². The molecule has 3 rings (SSSR count). The van der Waals surface area contributed by atoms with Crippen molar-refractivity contribution in [3.8, 4) is 11.6 Å². The lowest BCUT2D eigenvalue weighted by molar-refractivity contribution is 0.340. The van der Waals surface area contributed by atoms with Gasteiger partial charge in [-0.3, -0.25) is 0 Å². The van der Waals surface area contributed by atoms with Crippen LogP contribution in [0.3, 0.4) is 0 Å². The van der Waals surface area contributed by atoms with Crippen LogP contribution in [0.2, 0.25) is 0 Å². The van der Waals surface area contributed by atoms with Crippen molar-refractivity contribution >= 4 is 39.6 Å².